The van der Waals surface area contributed by atoms with E-state index in [2.05, 4.69) is 36.0 Å². The number of piperazine rings is 1. The van der Waals surface area contributed by atoms with Crippen LogP contribution in [-0.2, 0) is 4.79 Å². The summed E-state index contributed by atoms with van der Waals surface area (Å²) in [6.45, 7) is 11.5. The molecule has 0 aromatic rings. The molecule has 0 aliphatic carbocycles. The monoisotopic (exact) mass is 242 g/mol. The van der Waals surface area contributed by atoms with E-state index >= 15 is 0 Å². The van der Waals surface area contributed by atoms with Crippen molar-refractivity contribution in [3.05, 3.63) is 0 Å². The summed E-state index contributed by atoms with van der Waals surface area (Å²) in [5.41, 5.74) is 2.29. The molecule has 0 radical (unpaired) electrons. The van der Waals surface area contributed by atoms with Crippen molar-refractivity contribution in [3.63, 3.8) is 0 Å². The van der Waals surface area contributed by atoms with Crippen LogP contribution in [0.25, 0.3) is 0 Å². The van der Waals surface area contributed by atoms with E-state index in [0.717, 1.165) is 32.7 Å². The van der Waals surface area contributed by atoms with Gasteiger partial charge in [-0.05, 0) is 18.9 Å². The Morgan fingerprint density at radius 3 is 2.29 bits per heavy atom. The second kappa shape index (κ2) is 6.93. The van der Waals surface area contributed by atoms with Gasteiger partial charge in [0.25, 0.3) is 5.91 Å². The molecule has 1 fully saturated rings. The third-order valence-corrected chi connectivity index (χ3v) is 3.38. The normalized spacial score (nSPS) is 20.5. The Labute approximate surface area is 104 Å². The Hall–Kier alpha value is -0.650. The Morgan fingerprint density at radius 2 is 1.88 bits per heavy atom. The van der Waals surface area contributed by atoms with Crippen molar-refractivity contribution in [3.8, 4) is 0 Å². The summed E-state index contributed by atoms with van der Waals surface area (Å²) in [6.07, 6.45) is 1.19. The predicted octanol–water partition coefficient (Wildman–Crippen LogP) is 0.0285. The summed E-state index contributed by atoms with van der Waals surface area (Å²) in [5.74, 6) is 5.48. The van der Waals surface area contributed by atoms with Gasteiger partial charge in [-0.1, -0.05) is 20.8 Å². The van der Waals surface area contributed by atoms with Gasteiger partial charge in [0.15, 0.2) is 0 Å². The minimum atomic E-state index is -0.0937. The first-order valence-corrected chi connectivity index (χ1v) is 6.57. The number of carbonyl (C=O) groups excluding carboxylic acids is 1. The molecule has 100 valence electrons. The molecule has 5 heteroatoms. The van der Waals surface area contributed by atoms with Crippen molar-refractivity contribution in [2.75, 3.05) is 32.7 Å². The Morgan fingerprint density at radius 1 is 1.29 bits per heavy atom. The van der Waals surface area contributed by atoms with E-state index in [1.54, 1.807) is 0 Å². The molecule has 1 atom stereocenters. The average Bonchev–Trinajstić information content (AvgIpc) is 2.31. The summed E-state index contributed by atoms with van der Waals surface area (Å²) in [5, 5.41) is 0. The second-order valence-electron chi connectivity index (χ2n) is 5.08. The molecule has 1 amide bonds. The zero-order valence-electron chi connectivity index (χ0n) is 11.3. The minimum absolute atomic E-state index is 0.0658. The summed E-state index contributed by atoms with van der Waals surface area (Å²) >= 11 is 0. The first kappa shape index (κ1) is 14.4. The number of nitrogens with two attached hydrogens (primary N) is 1. The van der Waals surface area contributed by atoms with Gasteiger partial charge in [0.2, 0.25) is 0 Å². The van der Waals surface area contributed by atoms with Gasteiger partial charge in [-0.2, -0.15) is 0 Å². The molecule has 0 spiro atoms. The topological polar surface area (TPSA) is 61.6 Å². The molecule has 0 aromatic carbocycles. The van der Waals surface area contributed by atoms with Crippen LogP contribution in [0.1, 0.15) is 27.2 Å². The number of nitrogens with zero attached hydrogens (tertiary/aromatic N) is 2. The molecular formula is C12H26N4O. The van der Waals surface area contributed by atoms with Crippen molar-refractivity contribution < 1.29 is 4.79 Å². The second-order valence-corrected chi connectivity index (χ2v) is 5.08. The van der Waals surface area contributed by atoms with Gasteiger partial charge in [-0.15, -0.1) is 0 Å². The lowest BCUT2D eigenvalue weighted by Gasteiger charge is -2.39. The van der Waals surface area contributed by atoms with Crippen molar-refractivity contribution in [2.45, 2.75) is 33.2 Å². The van der Waals surface area contributed by atoms with E-state index in [1.807, 2.05) is 0 Å². The maximum atomic E-state index is 11.8. The van der Waals surface area contributed by atoms with Crippen LogP contribution in [0.15, 0.2) is 0 Å². The first-order valence-electron chi connectivity index (χ1n) is 6.57. The Balaban J connectivity index is 2.52. The largest absolute Gasteiger partial charge is 0.301 e. The molecule has 1 aliphatic rings. The highest BCUT2D eigenvalue weighted by atomic mass is 16.2. The van der Waals surface area contributed by atoms with Gasteiger partial charge < -0.3 is 4.90 Å². The van der Waals surface area contributed by atoms with Crippen molar-refractivity contribution in [1.82, 2.24) is 15.2 Å². The predicted molar refractivity (Wildman–Crippen MR) is 69.3 cm³/mol. The van der Waals surface area contributed by atoms with Crippen LogP contribution in [0.5, 0.6) is 0 Å². The van der Waals surface area contributed by atoms with Gasteiger partial charge in [-0.25, -0.2) is 5.84 Å². The molecule has 1 rings (SSSR count). The number of hydrazine groups is 1. The van der Waals surface area contributed by atoms with Gasteiger partial charge in [0.1, 0.15) is 0 Å². The maximum Gasteiger partial charge on any atom is 0.251 e. The lowest BCUT2D eigenvalue weighted by molar-refractivity contribution is -0.129. The number of amides is 1. The zero-order chi connectivity index (χ0) is 12.8. The first-order chi connectivity index (χ1) is 8.10. The van der Waals surface area contributed by atoms with Crippen LogP contribution >= 0.6 is 0 Å². The lowest BCUT2D eigenvalue weighted by atomic mass is 10.0. The number of rotatable bonds is 5. The lowest BCUT2D eigenvalue weighted by Crippen LogP contribution is -2.57. The molecule has 0 aromatic heterocycles. The molecule has 0 bridgehead atoms. The molecule has 1 aliphatic heterocycles. The quantitative estimate of drug-likeness (QED) is 0.406. The summed E-state index contributed by atoms with van der Waals surface area (Å²) in [7, 11) is 0. The van der Waals surface area contributed by atoms with E-state index in [4.69, 9.17) is 5.84 Å². The molecule has 5 nitrogen and oxygen atoms in total. The van der Waals surface area contributed by atoms with E-state index in [1.165, 1.54) is 6.42 Å². The molecule has 1 saturated heterocycles. The number of hydrogen-bond acceptors (Lipinski definition) is 4. The highest BCUT2D eigenvalue weighted by molar-refractivity contribution is 5.81. The van der Waals surface area contributed by atoms with Crippen LogP contribution in [0.4, 0.5) is 0 Å². The SMILES string of the molecule is CCCN1CCN(C(C(=O)NN)C(C)C)CC1. The number of nitrogens with one attached hydrogen (secondary N) is 1. The Kier molecular flexibility index (Phi) is 5.88. The third-order valence-electron chi connectivity index (χ3n) is 3.38. The summed E-state index contributed by atoms with van der Waals surface area (Å²) in [4.78, 5) is 16.5. The van der Waals surface area contributed by atoms with Crippen molar-refractivity contribution in [1.29, 1.82) is 0 Å². The van der Waals surface area contributed by atoms with Crippen molar-refractivity contribution >= 4 is 5.91 Å². The van der Waals surface area contributed by atoms with E-state index in [0.29, 0.717) is 0 Å². The Bertz CT molecular complexity index is 237. The number of carbonyl (C=O) groups is 1. The number of hydrogen-bond donors (Lipinski definition) is 2. The van der Waals surface area contributed by atoms with Crippen LogP contribution in [-0.4, -0.2) is 54.5 Å². The summed E-state index contributed by atoms with van der Waals surface area (Å²) in [6, 6.07) is -0.0937. The van der Waals surface area contributed by atoms with Crippen LogP contribution < -0.4 is 11.3 Å². The fourth-order valence-corrected chi connectivity index (χ4v) is 2.56. The van der Waals surface area contributed by atoms with Gasteiger partial charge in [0.05, 0.1) is 6.04 Å². The highest BCUT2D eigenvalue weighted by Crippen LogP contribution is 2.14. The van der Waals surface area contributed by atoms with Crippen LogP contribution in [0.2, 0.25) is 0 Å². The fourth-order valence-electron chi connectivity index (χ4n) is 2.56. The van der Waals surface area contributed by atoms with Gasteiger partial charge in [0, 0.05) is 26.2 Å². The van der Waals surface area contributed by atoms with E-state index in [9.17, 15) is 4.79 Å². The molecule has 3 N–H and O–H groups in total. The molecule has 1 unspecified atom stereocenters. The third kappa shape index (κ3) is 3.94. The zero-order valence-corrected chi connectivity index (χ0v) is 11.3. The summed E-state index contributed by atoms with van der Waals surface area (Å²) < 4.78 is 0. The van der Waals surface area contributed by atoms with Gasteiger partial charge in [-0.3, -0.25) is 15.1 Å². The molecular weight excluding hydrogens is 216 g/mol. The minimum Gasteiger partial charge on any atom is -0.301 e. The van der Waals surface area contributed by atoms with Crippen LogP contribution in [0, 0.1) is 5.92 Å². The van der Waals surface area contributed by atoms with E-state index < -0.39 is 0 Å². The maximum absolute atomic E-state index is 11.8. The standard InChI is InChI=1S/C12H26N4O/c1-4-5-15-6-8-16(9-7-15)11(10(2)3)12(17)14-13/h10-11H,4-9,13H2,1-3H3,(H,14,17). The average molecular weight is 242 g/mol. The van der Waals surface area contributed by atoms with Gasteiger partial charge >= 0.3 is 0 Å². The highest BCUT2D eigenvalue weighted by Gasteiger charge is 2.30. The molecule has 0 saturated carbocycles. The van der Waals surface area contributed by atoms with E-state index in [-0.39, 0.29) is 17.9 Å². The molecule has 1 heterocycles. The van der Waals surface area contributed by atoms with Crippen LogP contribution in [0.3, 0.4) is 0 Å². The molecule has 17 heavy (non-hydrogen) atoms. The fraction of sp³-hybridized carbons (Fsp3) is 0.917. The smallest absolute Gasteiger partial charge is 0.251 e. The van der Waals surface area contributed by atoms with Crippen molar-refractivity contribution in [2.24, 2.45) is 11.8 Å².